The van der Waals surface area contributed by atoms with Gasteiger partial charge in [-0.2, -0.15) is 0 Å². The second kappa shape index (κ2) is 9.66. The van der Waals surface area contributed by atoms with E-state index in [1.807, 2.05) is 42.8 Å². The number of tetrazole rings is 1. The minimum absolute atomic E-state index is 0.111. The Morgan fingerprint density at radius 3 is 2.71 bits per heavy atom. The Balaban J connectivity index is 1.55. The average Bonchev–Trinajstić information content (AvgIpc) is 3.53. The smallest absolute Gasteiger partial charge is 0.309 e. The number of hydrogen-bond acceptors (Lipinski definition) is 7. The maximum atomic E-state index is 13.4. The van der Waals surface area contributed by atoms with Crippen molar-refractivity contribution in [1.82, 2.24) is 30.1 Å². The highest BCUT2D eigenvalue weighted by atomic mass is 16.5. The van der Waals surface area contributed by atoms with Crippen molar-refractivity contribution >= 4 is 16.9 Å². The second-order valence-electron chi connectivity index (χ2n) is 9.48. The Hall–Kier alpha value is -3.07. The van der Waals surface area contributed by atoms with Crippen molar-refractivity contribution in [3.8, 4) is 0 Å². The molecule has 0 unspecified atom stereocenters. The van der Waals surface area contributed by atoms with Crippen molar-refractivity contribution in [2.24, 2.45) is 5.92 Å². The minimum atomic E-state index is -0.382. The van der Waals surface area contributed by atoms with E-state index in [4.69, 9.17) is 4.74 Å². The number of pyridine rings is 1. The molecule has 1 aliphatic heterocycles. The molecule has 1 N–H and O–H groups in total. The van der Waals surface area contributed by atoms with E-state index in [9.17, 15) is 9.59 Å². The first-order valence-corrected chi connectivity index (χ1v) is 12.4. The summed E-state index contributed by atoms with van der Waals surface area (Å²) >= 11 is 0. The topological polar surface area (TPSA) is 106 Å². The highest BCUT2D eigenvalue weighted by molar-refractivity contribution is 5.82. The third-order valence-corrected chi connectivity index (χ3v) is 7.36. The quantitative estimate of drug-likeness (QED) is 0.558. The number of piperidine rings is 1. The van der Waals surface area contributed by atoms with Crippen LogP contribution in [0.25, 0.3) is 10.9 Å². The number of fused-ring (bicyclic) bond motifs is 1. The first-order chi connectivity index (χ1) is 16.6. The Kier molecular flexibility index (Phi) is 6.45. The lowest BCUT2D eigenvalue weighted by Crippen LogP contribution is -2.42. The van der Waals surface area contributed by atoms with E-state index >= 15 is 0 Å². The lowest BCUT2D eigenvalue weighted by molar-refractivity contribution is -0.149. The third-order valence-electron chi connectivity index (χ3n) is 7.36. The molecule has 2 aliphatic rings. The molecule has 0 amide bonds. The molecule has 9 heteroatoms. The fraction of sp³-hybridized carbons (Fsp3) is 0.560. The van der Waals surface area contributed by atoms with Gasteiger partial charge in [0.2, 0.25) is 0 Å². The summed E-state index contributed by atoms with van der Waals surface area (Å²) in [6.07, 6.45) is 5.78. The van der Waals surface area contributed by atoms with E-state index in [2.05, 4.69) is 25.4 Å². The van der Waals surface area contributed by atoms with Crippen molar-refractivity contribution in [3.05, 3.63) is 51.6 Å². The van der Waals surface area contributed by atoms with Crippen LogP contribution in [-0.2, 0) is 9.53 Å². The average molecular weight is 465 g/mol. The number of benzene rings is 1. The molecular weight excluding hydrogens is 432 g/mol. The molecule has 180 valence electrons. The number of hydrogen-bond donors (Lipinski definition) is 1. The van der Waals surface area contributed by atoms with Gasteiger partial charge in [0, 0.05) is 18.7 Å². The molecule has 5 rings (SSSR count). The van der Waals surface area contributed by atoms with Crippen LogP contribution in [0.5, 0.6) is 0 Å². The van der Waals surface area contributed by atoms with Crippen molar-refractivity contribution < 1.29 is 9.53 Å². The van der Waals surface area contributed by atoms with Crippen molar-refractivity contribution in [2.75, 3.05) is 19.7 Å². The zero-order valence-electron chi connectivity index (χ0n) is 19.9. The number of rotatable bonds is 6. The van der Waals surface area contributed by atoms with Crippen molar-refractivity contribution in [3.63, 3.8) is 0 Å². The van der Waals surface area contributed by atoms with E-state index < -0.39 is 0 Å². The number of carbonyl (C=O) groups excluding carboxylic acids is 1. The van der Waals surface area contributed by atoms with Crippen molar-refractivity contribution in [1.29, 1.82) is 0 Å². The lowest BCUT2D eigenvalue weighted by Gasteiger charge is -2.36. The highest BCUT2D eigenvalue weighted by Crippen LogP contribution is 2.35. The number of aromatic nitrogens is 5. The number of likely N-dealkylation sites (tertiary alicyclic amines) is 1. The molecule has 3 heterocycles. The zero-order chi connectivity index (χ0) is 23.7. The van der Waals surface area contributed by atoms with Crippen LogP contribution in [0.1, 0.15) is 74.5 Å². The molecule has 3 aromatic rings. The summed E-state index contributed by atoms with van der Waals surface area (Å²) in [7, 11) is 0. The first-order valence-electron chi connectivity index (χ1n) is 12.4. The molecular formula is C25H32N6O3. The van der Waals surface area contributed by atoms with E-state index in [0.717, 1.165) is 42.1 Å². The Labute approximate surface area is 198 Å². The molecule has 0 spiro atoms. The van der Waals surface area contributed by atoms with Gasteiger partial charge in [-0.15, -0.1) is 5.10 Å². The molecule has 1 aliphatic carbocycles. The van der Waals surface area contributed by atoms with Gasteiger partial charge in [-0.1, -0.05) is 31.0 Å². The van der Waals surface area contributed by atoms with Crippen LogP contribution in [0, 0.1) is 12.8 Å². The van der Waals surface area contributed by atoms with E-state index in [-0.39, 0.29) is 29.5 Å². The molecule has 34 heavy (non-hydrogen) atoms. The van der Waals surface area contributed by atoms with Crippen LogP contribution in [0.3, 0.4) is 0 Å². The molecule has 2 aromatic heterocycles. The fourth-order valence-electron chi connectivity index (χ4n) is 5.55. The number of aromatic amines is 1. The number of nitrogens with one attached hydrogen (secondary N) is 1. The molecule has 1 saturated heterocycles. The van der Waals surface area contributed by atoms with Gasteiger partial charge in [0.15, 0.2) is 5.82 Å². The van der Waals surface area contributed by atoms with E-state index in [1.54, 1.807) is 0 Å². The Morgan fingerprint density at radius 2 is 1.97 bits per heavy atom. The maximum Gasteiger partial charge on any atom is 0.309 e. The molecule has 1 saturated carbocycles. The van der Waals surface area contributed by atoms with Crippen LogP contribution in [0.4, 0.5) is 0 Å². The van der Waals surface area contributed by atoms with E-state index in [1.165, 1.54) is 0 Å². The number of esters is 1. The predicted molar refractivity (Wildman–Crippen MR) is 127 cm³/mol. The Morgan fingerprint density at radius 1 is 1.21 bits per heavy atom. The van der Waals surface area contributed by atoms with Gasteiger partial charge in [0.05, 0.1) is 24.1 Å². The summed E-state index contributed by atoms with van der Waals surface area (Å²) in [5.74, 6) is 0.465. The van der Waals surface area contributed by atoms with E-state index in [0.29, 0.717) is 43.9 Å². The van der Waals surface area contributed by atoms with Crippen LogP contribution in [-0.4, -0.2) is 55.8 Å². The monoisotopic (exact) mass is 464 g/mol. The molecule has 9 nitrogen and oxygen atoms in total. The first kappa shape index (κ1) is 22.7. The number of para-hydroxylation sites is 1. The number of H-pyrrole nitrogens is 1. The molecule has 2 fully saturated rings. The maximum absolute atomic E-state index is 13.4. The SMILES string of the molecule is CCOC(=O)C1CCN([C@@H](c2cc3cccc(C)c3[nH]c2=O)c2nnnn2C2CCCC2)CC1. The van der Waals surface area contributed by atoms with Gasteiger partial charge in [-0.05, 0) is 67.0 Å². The molecule has 1 aromatic carbocycles. The standard InChI is InChI=1S/C25H32N6O3/c1-3-34-25(33)17-11-13-30(14-12-17)22(23-27-28-29-31(23)19-9-4-5-10-19)20-15-18-8-6-7-16(2)21(18)26-24(20)32/h6-8,15,17,19,22H,3-5,9-14H2,1-2H3,(H,26,32)/t22-/m0/s1. The fourth-order valence-corrected chi connectivity index (χ4v) is 5.55. The predicted octanol–water partition coefficient (Wildman–Crippen LogP) is 3.30. The van der Waals surface area contributed by atoms with Crippen LogP contribution in [0.2, 0.25) is 0 Å². The van der Waals surface area contributed by atoms with Gasteiger partial charge in [0.1, 0.15) is 6.04 Å². The van der Waals surface area contributed by atoms with Gasteiger partial charge < -0.3 is 9.72 Å². The van der Waals surface area contributed by atoms with Gasteiger partial charge in [0.25, 0.3) is 5.56 Å². The third kappa shape index (κ3) is 4.24. The molecule has 0 radical (unpaired) electrons. The summed E-state index contributed by atoms with van der Waals surface area (Å²) in [6.45, 7) is 5.55. The van der Waals surface area contributed by atoms with Gasteiger partial charge in [-0.3, -0.25) is 14.5 Å². The lowest BCUT2D eigenvalue weighted by atomic mass is 9.93. The normalized spacial score (nSPS) is 19.0. The van der Waals surface area contributed by atoms with Crippen LogP contribution < -0.4 is 5.56 Å². The summed E-state index contributed by atoms with van der Waals surface area (Å²) in [5.41, 5.74) is 2.40. The highest BCUT2D eigenvalue weighted by Gasteiger charge is 2.36. The number of aryl methyl sites for hydroxylation is 1. The summed E-state index contributed by atoms with van der Waals surface area (Å²) in [4.78, 5) is 31.1. The largest absolute Gasteiger partial charge is 0.466 e. The summed E-state index contributed by atoms with van der Waals surface area (Å²) in [5, 5.41) is 13.8. The van der Waals surface area contributed by atoms with Crippen LogP contribution in [0.15, 0.2) is 29.1 Å². The number of nitrogens with zero attached hydrogens (tertiary/aromatic N) is 5. The summed E-state index contributed by atoms with van der Waals surface area (Å²) in [6, 6.07) is 7.87. The molecule has 1 atom stereocenters. The van der Waals surface area contributed by atoms with Gasteiger partial charge >= 0.3 is 5.97 Å². The van der Waals surface area contributed by atoms with Gasteiger partial charge in [-0.25, -0.2) is 4.68 Å². The Bertz CT molecular complexity index is 1220. The number of ether oxygens (including phenoxy) is 1. The number of carbonyl (C=O) groups is 1. The molecule has 0 bridgehead atoms. The second-order valence-corrected chi connectivity index (χ2v) is 9.48. The summed E-state index contributed by atoms with van der Waals surface area (Å²) < 4.78 is 7.19. The zero-order valence-corrected chi connectivity index (χ0v) is 19.9. The van der Waals surface area contributed by atoms with Crippen molar-refractivity contribution in [2.45, 2.75) is 64.5 Å². The van der Waals surface area contributed by atoms with Crippen LogP contribution >= 0.6 is 0 Å². The minimum Gasteiger partial charge on any atom is -0.466 e.